The molecule has 0 N–H and O–H groups in total. The van der Waals surface area contributed by atoms with Gasteiger partial charge in [0.2, 0.25) is 8.32 Å². The Morgan fingerprint density at radius 2 is 1.88 bits per heavy atom. The van der Waals surface area contributed by atoms with Crippen molar-refractivity contribution in [2.45, 2.75) is 51.1 Å². The fourth-order valence-electron chi connectivity index (χ4n) is 2.05. The van der Waals surface area contributed by atoms with E-state index in [0.29, 0.717) is 0 Å². The summed E-state index contributed by atoms with van der Waals surface area (Å²) in [7, 11) is -0.613. The van der Waals surface area contributed by atoms with Crippen molar-refractivity contribution in [3.05, 3.63) is 23.4 Å². The molecule has 3 heteroatoms. The maximum atomic E-state index is 5.93. The van der Waals surface area contributed by atoms with E-state index in [0.717, 1.165) is 0 Å². The van der Waals surface area contributed by atoms with Gasteiger partial charge in [0.1, 0.15) is 0 Å². The summed E-state index contributed by atoms with van der Waals surface area (Å²) < 4.78 is 5.93. The van der Waals surface area contributed by atoms with Gasteiger partial charge in [-0.25, -0.2) is 0 Å². The Labute approximate surface area is 103 Å². The maximum absolute atomic E-state index is 5.93. The van der Waals surface area contributed by atoms with Crippen molar-refractivity contribution in [2.75, 3.05) is 7.11 Å². The highest BCUT2D eigenvalue weighted by molar-refractivity contribution is 6.83. The van der Waals surface area contributed by atoms with Crippen LogP contribution in [0.15, 0.2) is 23.4 Å². The first kappa shape index (κ1) is 13.9. The second kappa shape index (κ2) is 5.47. The molecule has 92 valence electrons. The lowest BCUT2D eigenvalue weighted by molar-refractivity contribution is 0.404. The molecular weight excluding hydrogens is 228 g/mol. The lowest BCUT2D eigenvalue weighted by Crippen LogP contribution is -2.38. The molecule has 0 radical (unpaired) electrons. The third-order valence-corrected chi connectivity index (χ3v) is 9.63. The van der Waals surface area contributed by atoms with Gasteiger partial charge in [0.05, 0.1) is 0 Å². The van der Waals surface area contributed by atoms with Gasteiger partial charge in [0.25, 0.3) is 0 Å². The van der Waals surface area contributed by atoms with Crippen molar-refractivity contribution in [3.63, 3.8) is 0 Å². The first-order chi connectivity index (χ1) is 7.37. The number of allylic oxidation sites excluding steroid dienone is 4. The molecule has 16 heavy (non-hydrogen) atoms. The van der Waals surface area contributed by atoms with Gasteiger partial charge in [0, 0.05) is 15.2 Å². The molecule has 0 bridgehead atoms. The number of rotatable bonds is 5. The van der Waals surface area contributed by atoms with Gasteiger partial charge >= 0.3 is 0 Å². The Kier molecular flexibility index (Phi) is 4.77. The summed E-state index contributed by atoms with van der Waals surface area (Å²) >= 11 is 0. The fourth-order valence-corrected chi connectivity index (χ4v) is 8.87. The first-order valence-electron chi connectivity index (χ1n) is 6.29. The van der Waals surface area contributed by atoms with Crippen molar-refractivity contribution in [3.8, 4) is 0 Å². The normalized spacial score (nSPS) is 20.4. The smallest absolute Gasteiger partial charge is 0.216 e. The molecule has 1 unspecified atom stereocenters. The van der Waals surface area contributed by atoms with E-state index in [4.69, 9.17) is 4.43 Å². The Balaban J connectivity index is 2.69. The van der Waals surface area contributed by atoms with E-state index in [1.807, 2.05) is 7.11 Å². The summed E-state index contributed by atoms with van der Waals surface area (Å²) in [5.41, 5.74) is 0. The van der Waals surface area contributed by atoms with Crippen molar-refractivity contribution in [1.29, 1.82) is 0 Å². The molecule has 0 aliphatic heterocycles. The molecule has 0 saturated heterocycles. The van der Waals surface area contributed by atoms with Gasteiger partial charge in [0.15, 0.2) is 0 Å². The zero-order valence-corrected chi connectivity index (χ0v) is 13.5. The lowest BCUT2D eigenvalue weighted by Gasteiger charge is -2.31. The van der Waals surface area contributed by atoms with Gasteiger partial charge < -0.3 is 4.43 Å². The second-order valence-corrected chi connectivity index (χ2v) is 15.8. The van der Waals surface area contributed by atoms with Crippen LogP contribution in [0, 0.1) is 0 Å². The van der Waals surface area contributed by atoms with Crippen LogP contribution in [-0.2, 0) is 4.43 Å². The molecule has 0 heterocycles. The minimum atomic E-state index is -1.59. The third-order valence-electron chi connectivity index (χ3n) is 3.50. The van der Waals surface area contributed by atoms with Crippen LogP contribution in [0.25, 0.3) is 0 Å². The van der Waals surface area contributed by atoms with Crippen molar-refractivity contribution >= 4 is 16.4 Å². The van der Waals surface area contributed by atoms with E-state index >= 15 is 0 Å². The lowest BCUT2D eigenvalue weighted by atomic mass is 10.2. The van der Waals surface area contributed by atoms with Crippen LogP contribution in [0.3, 0.4) is 0 Å². The molecular formula is C13H26OSi2. The van der Waals surface area contributed by atoms with Crippen LogP contribution in [0.5, 0.6) is 0 Å². The maximum Gasteiger partial charge on any atom is 0.216 e. The van der Waals surface area contributed by atoms with Crippen LogP contribution < -0.4 is 0 Å². The monoisotopic (exact) mass is 254 g/mol. The van der Waals surface area contributed by atoms with E-state index in [1.165, 1.54) is 24.9 Å². The van der Waals surface area contributed by atoms with Crippen molar-refractivity contribution in [1.82, 2.24) is 0 Å². The summed E-state index contributed by atoms with van der Waals surface area (Å²) in [6.07, 6.45) is 9.19. The van der Waals surface area contributed by atoms with Crippen LogP contribution >= 0.6 is 0 Å². The largest absolute Gasteiger partial charge is 0.416 e. The van der Waals surface area contributed by atoms with Crippen LogP contribution in [0.4, 0.5) is 0 Å². The predicted octanol–water partition coefficient (Wildman–Crippen LogP) is 4.36. The van der Waals surface area contributed by atoms with E-state index in [9.17, 15) is 0 Å². The highest BCUT2D eigenvalue weighted by Gasteiger charge is 2.33. The molecule has 0 aromatic rings. The molecule has 1 atom stereocenters. The Hall–Kier alpha value is -0.126. The molecule has 1 aliphatic carbocycles. The van der Waals surface area contributed by atoms with E-state index in [-0.39, 0.29) is 0 Å². The minimum absolute atomic E-state index is 0.937. The molecule has 1 aliphatic rings. The average molecular weight is 255 g/mol. The van der Waals surface area contributed by atoms with Gasteiger partial charge in [-0.1, -0.05) is 49.1 Å². The summed E-state index contributed by atoms with van der Waals surface area (Å²) in [4.78, 5) is 0. The molecule has 1 nitrogen and oxygen atoms in total. The molecule has 0 spiro atoms. The topological polar surface area (TPSA) is 9.23 Å². The van der Waals surface area contributed by atoms with Gasteiger partial charge in [-0.2, -0.15) is 0 Å². The highest BCUT2D eigenvalue weighted by atomic mass is 28.4. The Morgan fingerprint density at radius 1 is 1.19 bits per heavy atom. The minimum Gasteiger partial charge on any atom is -0.416 e. The Bertz CT molecular complexity index is 289. The molecule has 0 saturated carbocycles. The molecule has 0 fully saturated rings. The molecule has 1 rings (SSSR count). The second-order valence-electron chi connectivity index (χ2n) is 6.15. The first-order valence-corrected chi connectivity index (χ1v) is 12.6. The molecule has 0 aromatic carbocycles. The number of hydrogen-bond donors (Lipinski definition) is 0. The number of hydrogen-bond acceptors (Lipinski definition) is 1. The van der Waals surface area contributed by atoms with Crippen LogP contribution in [0.2, 0.25) is 38.3 Å². The third kappa shape index (κ3) is 4.03. The summed E-state index contributed by atoms with van der Waals surface area (Å²) in [6, 6.07) is 2.70. The van der Waals surface area contributed by atoms with Gasteiger partial charge in [-0.3, -0.25) is 0 Å². The van der Waals surface area contributed by atoms with Crippen molar-refractivity contribution in [2.24, 2.45) is 0 Å². The molecule has 0 aromatic heterocycles. The summed E-state index contributed by atoms with van der Waals surface area (Å²) in [6.45, 7) is 9.74. The Morgan fingerprint density at radius 3 is 2.31 bits per heavy atom. The van der Waals surface area contributed by atoms with E-state index < -0.39 is 16.4 Å². The van der Waals surface area contributed by atoms with Crippen molar-refractivity contribution < 1.29 is 4.43 Å². The van der Waals surface area contributed by atoms with E-state index in [2.05, 4.69) is 44.4 Å². The zero-order valence-electron chi connectivity index (χ0n) is 11.5. The SMILES string of the molecule is CO[Si](C)(CC[Si](C)(C)C)C1=CC=CCC1. The fraction of sp³-hybridized carbons (Fsp3) is 0.692. The van der Waals surface area contributed by atoms with Gasteiger partial charge in [-0.15, -0.1) is 0 Å². The standard InChI is InChI=1S/C13H26OSi2/c1-14-16(5,12-11-15(2,3)4)13-9-7-6-8-10-13/h6-7,9H,8,10-12H2,1-5H3. The quantitative estimate of drug-likeness (QED) is 0.662. The zero-order chi connectivity index (χ0) is 12.2. The highest BCUT2D eigenvalue weighted by Crippen LogP contribution is 2.30. The summed E-state index contributed by atoms with van der Waals surface area (Å²) in [5.74, 6) is 0. The summed E-state index contributed by atoms with van der Waals surface area (Å²) in [5, 5.41) is 1.61. The van der Waals surface area contributed by atoms with Crippen LogP contribution in [0.1, 0.15) is 12.8 Å². The predicted molar refractivity (Wildman–Crippen MR) is 78.0 cm³/mol. The molecule has 0 amide bonds. The average Bonchev–Trinajstić information content (AvgIpc) is 2.26. The van der Waals surface area contributed by atoms with Crippen LogP contribution in [-0.4, -0.2) is 23.5 Å². The van der Waals surface area contributed by atoms with E-state index in [1.54, 1.807) is 5.20 Å². The van der Waals surface area contributed by atoms with Gasteiger partial charge in [-0.05, 0) is 25.4 Å².